The van der Waals surface area contributed by atoms with Crippen molar-refractivity contribution in [3.8, 4) is 6.07 Å². The minimum Gasteiger partial charge on any atom is -0.336 e. The number of piperidine rings is 1. The second kappa shape index (κ2) is 3.35. The van der Waals surface area contributed by atoms with E-state index in [-0.39, 0.29) is 0 Å². The van der Waals surface area contributed by atoms with E-state index >= 15 is 0 Å². The number of hydrogen-bond donors (Lipinski definition) is 0. The fraction of sp³-hybridized carbons (Fsp3) is 0.625. The topological polar surface area (TPSA) is 61.2 Å². The third-order valence-electron chi connectivity index (χ3n) is 2.04. The molecule has 0 aromatic heterocycles. The van der Waals surface area contributed by atoms with Gasteiger partial charge < -0.3 is 4.90 Å². The summed E-state index contributed by atoms with van der Waals surface area (Å²) in [4.78, 5) is 23.7. The van der Waals surface area contributed by atoms with Crippen LogP contribution >= 0.6 is 0 Å². The van der Waals surface area contributed by atoms with Crippen LogP contribution in [0.25, 0.3) is 0 Å². The van der Waals surface area contributed by atoms with Crippen LogP contribution in [0.2, 0.25) is 0 Å². The van der Waals surface area contributed by atoms with Gasteiger partial charge in [0.2, 0.25) is 5.78 Å². The van der Waals surface area contributed by atoms with Gasteiger partial charge >= 0.3 is 0 Å². The Balaban J connectivity index is 2.74. The van der Waals surface area contributed by atoms with E-state index in [1.807, 2.05) is 13.0 Å². The van der Waals surface area contributed by atoms with Crippen molar-refractivity contribution in [1.29, 1.82) is 5.26 Å². The van der Waals surface area contributed by atoms with E-state index in [4.69, 9.17) is 5.26 Å². The van der Waals surface area contributed by atoms with Crippen molar-refractivity contribution in [1.82, 2.24) is 4.90 Å². The maximum absolute atomic E-state index is 11.2. The van der Waals surface area contributed by atoms with Crippen LogP contribution in [0.4, 0.5) is 0 Å². The van der Waals surface area contributed by atoms with Crippen LogP contribution in [0, 0.1) is 17.2 Å². The van der Waals surface area contributed by atoms with Crippen LogP contribution in [-0.2, 0) is 9.59 Å². The molecule has 0 saturated carbocycles. The molecule has 0 aliphatic carbocycles. The molecule has 0 radical (unpaired) electrons. The van der Waals surface area contributed by atoms with Crippen LogP contribution in [0.15, 0.2) is 0 Å². The second-order valence-electron chi connectivity index (χ2n) is 2.72. The molecule has 64 valence electrons. The highest BCUT2D eigenvalue weighted by molar-refractivity contribution is 6.37. The molecular weight excluding hydrogens is 156 g/mol. The molecule has 1 heterocycles. The summed E-state index contributed by atoms with van der Waals surface area (Å²) in [7, 11) is 0. The highest BCUT2D eigenvalue weighted by Gasteiger charge is 2.33. The van der Waals surface area contributed by atoms with Crippen molar-refractivity contribution >= 4 is 11.7 Å². The molecule has 4 heteroatoms. The fourth-order valence-corrected chi connectivity index (χ4v) is 1.25. The Kier molecular flexibility index (Phi) is 2.44. The normalized spacial score (nSPS) is 24.0. The number of ketones is 1. The van der Waals surface area contributed by atoms with Crippen LogP contribution in [0.1, 0.15) is 13.3 Å². The number of amides is 1. The lowest BCUT2D eigenvalue weighted by Crippen LogP contribution is -2.45. The van der Waals surface area contributed by atoms with E-state index in [1.54, 1.807) is 0 Å². The minimum atomic E-state index is -0.708. The number of rotatable bonds is 1. The summed E-state index contributed by atoms with van der Waals surface area (Å²) in [6.07, 6.45) is 0.481. The van der Waals surface area contributed by atoms with Gasteiger partial charge in [0.15, 0.2) is 0 Å². The van der Waals surface area contributed by atoms with Crippen molar-refractivity contribution in [2.24, 2.45) is 5.92 Å². The summed E-state index contributed by atoms with van der Waals surface area (Å²) in [6.45, 7) is 2.89. The molecule has 1 amide bonds. The predicted molar refractivity (Wildman–Crippen MR) is 41.0 cm³/mol. The summed E-state index contributed by atoms with van der Waals surface area (Å²) in [5.41, 5.74) is 0. The van der Waals surface area contributed by atoms with Crippen molar-refractivity contribution in [2.75, 3.05) is 13.1 Å². The first-order valence-electron chi connectivity index (χ1n) is 3.93. The molecule has 1 rings (SSSR count). The molecule has 1 aliphatic heterocycles. The van der Waals surface area contributed by atoms with Gasteiger partial charge in [-0.1, -0.05) is 0 Å². The molecule has 0 spiro atoms. The number of hydrogen-bond acceptors (Lipinski definition) is 3. The van der Waals surface area contributed by atoms with Crippen LogP contribution in [-0.4, -0.2) is 29.7 Å². The number of nitrogens with zero attached hydrogens (tertiary/aromatic N) is 2. The summed E-state index contributed by atoms with van der Waals surface area (Å²) in [5.74, 6) is -1.76. The van der Waals surface area contributed by atoms with E-state index < -0.39 is 17.6 Å². The zero-order valence-electron chi connectivity index (χ0n) is 6.91. The smallest absolute Gasteiger partial charge is 0.291 e. The number of carbonyl (C=O) groups is 2. The number of nitriles is 1. The Morgan fingerprint density at radius 1 is 1.67 bits per heavy atom. The Hall–Kier alpha value is -1.37. The van der Waals surface area contributed by atoms with E-state index in [2.05, 4.69) is 0 Å². The van der Waals surface area contributed by atoms with Gasteiger partial charge in [-0.3, -0.25) is 9.59 Å². The zero-order chi connectivity index (χ0) is 9.14. The first-order chi connectivity index (χ1) is 5.70. The maximum atomic E-state index is 11.2. The molecule has 4 nitrogen and oxygen atoms in total. The first-order valence-corrected chi connectivity index (χ1v) is 3.93. The SMILES string of the molecule is CCN1CC[C@H](C#N)C(=O)C1=O. The molecule has 12 heavy (non-hydrogen) atoms. The molecule has 1 atom stereocenters. The third-order valence-corrected chi connectivity index (χ3v) is 2.04. The van der Waals surface area contributed by atoms with Gasteiger partial charge in [-0.25, -0.2) is 0 Å². The summed E-state index contributed by atoms with van der Waals surface area (Å²) >= 11 is 0. The van der Waals surface area contributed by atoms with E-state index in [0.717, 1.165) is 0 Å². The van der Waals surface area contributed by atoms with Gasteiger partial charge in [0, 0.05) is 13.1 Å². The van der Waals surface area contributed by atoms with E-state index in [1.165, 1.54) is 4.90 Å². The predicted octanol–water partition coefficient (Wildman–Crippen LogP) is -0.0525. The monoisotopic (exact) mass is 166 g/mol. The molecule has 0 bridgehead atoms. The Morgan fingerprint density at radius 3 is 2.83 bits per heavy atom. The Labute approximate surface area is 70.8 Å². The molecule has 0 aromatic rings. The largest absolute Gasteiger partial charge is 0.336 e. The van der Waals surface area contributed by atoms with Crippen molar-refractivity contribution in [2.45, 2.75) is 13.3 Å². The standard InChI is InChI=1S/C8H10N2O2/c1-2-10-4-3-6(5-9)7(11)8(10)12/h6H,2-4H2,1H3/t6-/m1/s1. The van der Waals surface area contributed by atoms with Gasteiger partial charge in [-0.2, -0.15) is 5.26 Å². The van der Waals surface area contributed by atoms with Crippen molar-refractivity contribution < 1.29 is 9.59 Å². The van der Waals surface area contributed by atoms with Gasteiger partial charge in [-0.15, -0.1) is 0 Å². The molecule has 1 fully saturated rings. The van der Waals surface area contributed by atoms with Crippen LogP contribution < -0.4 is 0 Å². The number of likely N-dealkylation sites (N-methyl/N-ethyl adjacent to an activating group) is 1. The molecule has 1 saturated heterocycles. The quantitative estimate of drug-likeness (QED) is 0.513. The Morgan fingerprint density at radius 2 is 2.33 bits per heavy atom. The third kappa shape index (κ3) is 1.30. The molecule has 0 aromatic carbocycles. The molecule has 1 aliphatic rings. The highest BCUT2D eigenvalue weighted by atomic mass is 16.2. The van der Waals surface area contributed by atoms with Crippen molar-refractivity contribution in [3.05, 3.63) is 0 Å². The van der Waals surface area contributed by atoms with Gasteiger partial charge in [0.1, 0.15) is 5.92 Å². The lowest BCUT2D eigenvalue weighted by atomic mass is 9.96. The molecular formula is C8H10N2O2. The van der Waals surface area contributed by atoms with E-state index in [9.17, 15) is 9.59 Å². The Bertz CT molecular complexity index is 254. The maximum Gasteiger partial charge on any atom is 0.291 e. The summed E-state index contributed by atoms with van der Waals surface area (Å²) < 4.78 is 0. The van der Waals surface area contributed by atoms with Gasteiger partial charge in [0.05, 0.1) is 6.07 Å². The summed E-state index contributed by atoms with van der Waals surface area (Å²) in [6, 6.07) is 1.83. The number of likely N-dealkylation sites (tertiary alicyclic amines) is 1. The van der Waals surface area contributed by atoms with Gasteiger partial charge in [-0.05, 0) is 13.3 Å². The number of Topliss-reactive ketones (excluding diaryl/α,β-unsaturated/α-hetero) is 1. The summed E-state index contributed by atoms with van der Waals surface area (Å²) in [5, 5.41) is 8.50. The lowest BCUT2D eigenvalue weighted by molar-refractivity contribution is -0.148. The number of carbonyl (C=O) groups excluding carboxylic acids is 2. The minimum absolute atomic E-state index is 0.481. The lowest BCUT2D eigenvalue weighted by Gasteiger charge is -2.26. The van der Waals surface area contributed by atoms with Gasteiger partial charge in [0.25, 0.3) is 5.91 Å². The highest BCUT2D eigenvalue weighted by Crippen LogP contribution is 2.13. The molecule has 0 unspecified atom stereocenters. The van der Waals surface area contributed by atoms with E-state index in [0.29, 0.717) is 19.5 Å². The van der Waals surface area contributed by atoms with Crippen LogP contribution in [0.5, 0.6) is 0 Å². The fourth-order valence-electron chi connectivity index (χ4n) is 1.25. The average Bonchev–Trinajstić information content (AvgIpc) is 2.10. The average molecular weight is 166 g/mol. The second-order valence-corrected chi connectivity index (χ2v) is 2.72. The molecule has 0 N–H and O–H groups in total. The zero-order valence-corrected chi connectivity index (χ0v) is 6.91. The van der Waals surface area contributed by atoms with Crippen molar-refractivity contribution in [3.63, 3.8) is 0 Å². The first kappa shape index (κ1) is 8.72. The van der Waals surface area contributed by atoms with Crippen LogP contribution in [0.3, 0.4) is 0 Å².